The van der Waals surface area contributed by atoms with Crippen LogP contribution in [-0.4, -0.2) is 0 Å². The van der Waals surface area contributed by atoms with E-state index in [1.165, 1.54) is 0 Å². The van der Waals surface area contributed by atoms with Gasteiger partial charge in [0, 0.05) is 0 Å². The fourth-order valence-electron chi connectivity index (χ4n) is 0. The maximum atomic E-state index is 2.00. The van der Waals surface area contributed by atoms with Gasteiger partial charge in [-0.3, -0.25) is 0 Å². The summed E-state index contributed by atoms with van der Waals surface area (Å²) in [6.45, 7) is 104. The van der Waals surface area contributed by atoms with E-state index in [0.29, 0.717) is 0 Å². The lowest BCUT2D eigenvalue weighted by Gasteiger charge is -1.07. The van der Waals surface area contributed by atoms with Crippen molar-refractivity contribution >= 4 is 0 Å². The molecule has 0 aromatic rings. The molecule has 129 heavy (non-hydrogen) atoms. The minimum atomic E-state index is 0. The minimum Gasteiger partial charge on any atom is -0.0776 e. The van der Waals surface area contributed by atoms with E-state index < -0.39 is 0 Å². The van der Waals surface area contributed by atoms with Crippen molar-refractivity contribution in [2.24, 2.45) is 0 Å². The van der Waals surface area contributed by atoms with Crippen LogP contribution in [0.1, 0.15) is 932 Å². The molecule has 0 fully saturated rings. The molecule has 0 radical (unpaired) electrons. The molecule has 0 heterocycles. The van der Waals surface area contributed by atoms with Gasteiger partial charge in [0.2, 0.25) is 0 Å². The zero-order valence-corrected chi connectivity index (χ0v) is 52.0. The van der Waals surface area contributed by atoms with Gasteiger partial charge in [0.05, 0.1) is 0 Å². The molecule has 0 N–H and O–H groups in total. The Kier molecular flexibility index (Phi) is 0. The van der Waals surface area contributed by atoms with Crippen LogP contribution in [0.3, 0.4) is 0 Å². The maximum Gasteiger partial charge on any atom is -0.0683 e. The van der Waals surface area contributed by atoms with Crippen molar-refractivity contribution in [2.45, 2.75) is 932 Å². The first-order valence-corrected chi connectivity index (χ1v) is 26.0. The van der Waals surface area contributed by atoms with Crippen molar-refractivity contribution in [3.05, 3.63) is 0 Å². The van der Waals surface area contributed by atoms with Crippen molar-refractivity contribution in [3.8, 4) is 0 Å². The first-order valence-electron chi connectivity index (χ1n) is 26.0. The highest BCUT2D eigenvalue weighted by atomic mass is 13.1. The van der Waals surface area contributed by atoms with E-state index in [2.05, 4.69) is 0 Å². The van der Waals surface area contributed by atoms with Crippen molar-refractivity contribution in [1.82, 2.24) is 0 Å². The molecule has 0 aromatic heterocycles. The zero-order chi connectivity index (χ0) is 52.0. The Hall–Kier alpha value is 0. The highest BCUT2D eigenvalue weighted by Gasteiger charge is 0.986. The third-order valence-electron chi connectivity index (χ3n) is 0. The topological polar surface area (TPSA) is 0 Å². The zero-order valence-electron chi connectivity index (χ0n) is 52.0. The van der Waals surface area contributed by atoms with Crippen LogP contribution >= 0.6 is 0 Å². The van der Waals surface area contributed by atoms with E-state index in [0.717, 1.165) is 0 Å². The van der Waals surface area contributed by atoms with Gasteiger partial charge in [-0.1, -0.05) is 932 Å². The molecule has 0 rings (SSSR count). The molecular formula is C129H464. The normalized spacial score (nSPS) is 1.21. The number of hydrogen-bond donors (Lipinski definition) is 0. The van der Waals surface area contributed by atoms with Gasteiger partial charge < -0.3 is 0 Å². The average Bonchev–Trinajstić information content (AvgIpc) is 3.40. The van der Waals surface area contributed by atoms with Gasteiger partial charge in [-0.25, -0.2) is 0 Å². The Labute approximate surface area is 926 Å². The number of rotatable bonds is 0. The summed E-state index contributed by atoms with van der Waals surface area (Å²) in [7, 11) is 0. The van der Waals surface area contributed by atoms with E-state index in [1.54, 1.807) is 0 Å². The van der Waals surface area contributed by atoms with Gasteiger partial charge in [-0.15, -0.1) is 0 Å². The molecule has 0 aliphatic carbocycles. The molecule has 0 unspecified atom stereocenters. The lowest BCUT2D eigenvalue weighted by molar-refractivity contribution is 1.50. The summed E-state index contributed by atoms with van der Waals surface area (Å²) in [4.78, 5) is 0. The fraction of sp³-hybridized carbons (Fsp3) is 1.00. The van der Waals surface area contributed by atoms with Crippen LogP contribution in [0.5, 0.6) is 0 Å². The molecule has 0 aromatic carbocycles. The van der Waals surface area contributed by atoms with E-state index in [9.17, 15) is 0 Å². The van der Waals surface area contributed by atoms with Crippen LogP contribution in [0.4, 0.5) is 0 Å². The molecule has 980 valence electrons. The Morgan fingerprint density at radius 1 is 0.0233 bits per heavy atom. The minimum absolute atomic E-state index is 0. The van der Waals surface area contributed by atoms with Crippen LogP contribution < -0.4 is 0 Å². The molecule has 0 aliphatic rings. The SMILES string of the molecule is C.C.C.C.C.C.C.C.C.C.C.C.C.C.C.C.C.C.C.C.C.C.C.C.C.C.C.C.C.C.C.C.C.C.C.C.C.C.C.C.C.C.C.C.C.C.C.C.C.C.C.C.C.C.C.C.C.C.C.C.C.C.C.C.C.C.C.C.C.C.C.C.C.C.C.C.C.CC.CC.CC.CC.CC.CC.CC.CC.CC.CC.CC.CC.CC.CC.CC.CC.CC.CC.CC.CC.CC.CC.CC.CC.CC.CC. The summed E-state index contributed by atoms with van der Waals surface area (Å²) < 4.78 is 0. The van der Waals surface area contributed by atoms with Crippen LogP contribution in [0.25, 0.3) is 0 Å². The average molecular weight is 2020 g/mol. The fourth-order valence-corrected chi connectivity index (χ4v) is 0. The highest BCUT2D eigenvalue weighted by Crippen LogP contribution is 1.20. The van der Waals surface area contributed by atoms with Crippen molar-refractivity contribution in [3.63, 3.8) is 0 Å². The van der Waals surface area contributed by atoms with Gasteiger partial charge in [0.15, 0.2) is 0 Å². The lowest BCUT2D eigenvalue weighted by Crippen LogP contribution is -0.856. The molecule has 0 amide bonds. The predicted molar refractivity (Wildman–Crippen MR) is 813 cm³/mol. The van der Waals surface area contributed by atoms with Gasteiger partial charge >= 0.3 is 0 Å². The Morgan fingerprint density at radius 2 is 0.0233 bits per heavy atom. The van der Waals surface area contributed by atoms with Crippen LogP contribution in [0.2, 0.25) is 0 Å². The Morgan fingerprint density at radius 3 is 0.0233 bits per heavy atom. The molecule has 0 saturated carbocycles. The Bertz CT molecular complexity index is 0. The highest BCUT2D eigenvalue weighted by molar-refractivity contribution is 3.56. The largest absolute Gasteiger partial charge is 0.0776 e. The second-order valence-corrected chi connectivity index (χ2v) is 0. The first-order chi connectivity index (χ1) is 26.0. The monoisotopic (exact) mass is 2020 g/mol. The molecule has 0 heteroatoms. The summed E-state index contributed by atoms with van der Waals surface area (Å²) in [5.74, 6) is 0. The quantitative estimate of drug-likeness (QED) is 0.227. The second-order valence-electron chi connectivity index (χ2n) is 0. The first kappa shape index (κ1) is 3130. The molecule has 0 nitrogen and oxygen atoms in total. The third-order valence-corrected chi connectivity index (χ3v) is 0. The van der Waals surface area contributed by atoms with E-state index in [-0.39, 0.29) is 572 Å². The summed E-state index contributed by atoms with van der Waals surface area (Å²) in [5, 5.41) is 0. The predicted octanol–water partition coefficient (Wildman–Crippen LogP) is 75.7. The molecule has 0 bridgehead atoms. The molecule has 0 saturated heterocycles. The molecule has 0 aliphatic heterocycles. The molecule has 0 spiro atoms. The standard InChI is InChI=1S/26C2H6.77CH4/c26*1-2;;;;;;;;;;;;;;;;;;;;;;;;;;;;;;;;;;;;;;;;;;;;;;;;;;;;;;;;;;;;;;;;;;;;;;;;;;;;;/h26*1-2H3;77*1H4. The van der Waals surface area contributed by atoms with Crippen LogP contribution in [0, 0.1) is 0 Å². The molecule has 0 atom stereocenters. The lowest BCUT2D eigenvalue weighted by atomic mass is 11.0. The summed E-state index contributed by atoms with van der Waals surface area (Å²) in [6, 6.07) is 0. The summed E-state index contributed by atoms with van der Waals surface area (Å²) in [6.07, 6.45) is 0. The van der Waals surface area contributed by atoms with Gasteiger partial charge in [0.1, 0.15) is 0 Å². The van der Waals surface area contributed by atoms with E-state index in [1.807, 2.05) is 360 Å². The molecular weight excluding hydrogens is 1550 g/mol. The number of hydrogen-bond acceptors (Lipinski definition) is 0. The summed E-state index contributed by atoms with van der Waals surface area (Å²) in [5.41, 5.74) is 0. The van der Waals surface area contributed by atoms with Crippen LogP contribution in [0.15, 0.2) is 0 Å². The third kappa shape index (κ3) is 0. The van der Waals surface area contributed by atoms with Crippen molar-refractivity contribution in [1.29, 1.82) is 0 Å². The van der Waals surface area contributed by atoms with Gasteiger partial charge in [0.25, 0.3) is 0 Å². The summed E-state index contributed by atoms with van der Waals surface area (Å²) >= 11 is 0. The smallest absolute Gasteiger partial charge is 0.0683 e. The van der Waals surface area contributed by atoms with Crippen molar-refractivity contribution in [2.75, 3.05) is 0 Å². The second kappa shape index (κ2) is 0. The van der Waals surface area contributed by atoms with Gasteiger partial charge in [-0.2, -0.15) is 0 Å². The Balaban J connectivity index is -0.000000000527. The maximum absolute atomic E-state index is 2.00. The van der Waals surface area contributed by atoms with Crippen LogP contribution in [-0.2, 0) is 0 Å². The van der Waals surface area contributed by atoms with Gasteiger partial charge in [-0.05, 0) is 0 Å². The van der Waals surface area contributed by atoms with E-state index in [4.69, 9.17) is 0 Å². The van der Waals surface area contributed by atoms with Crippen molar-refractivity contribution < 1.29 is 0 Å². The van der Waals surface area contributed by atoms with E-state index >= 15 is 0 Å².